The lowest BCUT2D eigenvalue weighted by Crippen LogP contribution is -2.59. The van der Waals surface area contributed by atoms with E-state index in [9.17, 15) is 31.9 Å². The first-order chi connectivity index (χ1) is 46.0. The van der Waals surface area contributed by atoms with E-state index in [1.165, 1.54) is 48.8 Å². The third-order valence-corrected chi connectivity index (χ3v) is 19.0. The number of rotatable bonds is 12. The molecule has 18 rings (SSSR count). The van der Waals surface area contributed by atoms with E-state index in [1.54, 1.807) is 103 Å². The molecule has 3 amide bonds. The number of aryl methyl sites for hydroxylation is 3. The van der Waals surface area contributed by atoms with Crippen LogP contribution in [0.25, 0.3) is 28.5 Å². The highest BCUT2D eigenvalue weighted by atomic mass is 35.5. The molecule has 9 unspecified atom stereocenters. The average Bonchev–Trinajstić information content (AvgIpc) is 1.33. The van der Waals surface area contributed by atoms with Gasteiger partial charge >= 0.3 is 0 Å². The zero-order chi connectivity index (χ0) is 66.0. The number of nitrogens with zero attached hydrogens (tertiary/aromatic N) is 13. The highest BCUT2D eigenvalue weighted by molar-refractivity contribution is 6.32. The molecule has 6 bridgehead atoms. The Morgan fingerprint density at radius 3 is 1.41 bits per heavy atom. The van der Waals surface area contributed by atoms with Gasteiger partial charge < -0.3 is 28.9 Å². The minimum absolute atomic E-state index is 0.00325. The highest BCUT2D eigenvalue weighted by Gasteiger charge is 2.48. The van der Waals surface area contributed by atoms with Crippen LogP contribution < -0.4 is 14.2 Å². The first-order valence-corrected chi connectivity index (χ1v) is 32.3. The van der Waals surface area contributed by atoms with Gasteiger partial charge in [0.05, 0.1) is 47.2 Å². The first-order valence-electron chi connectivity index (χ1n) is 31.6. The van der Waals surface area contributed by atoms with Crippen LogP contribution in [0.3, 0.4) is 0 Å². The third-order valence-electron chi connectivity index (χ3n) is 18.5. The SMILES string of the molecule is Cc1cnc(OC2CC3CCC2N(C(=O)c2c(F)cccc2-c2ncccn2)C3)c(Cl)c1.Cc1cnc(OC2CC3CCC2N(C(=O)c2cc(F)ccc2-c2ncccn2)C3)c(Cl)c1.Cc1cnc(OC2CC3CCC2N(C(=O)c2cccc(F)c2-n2nccn2)C3)c(F)c1. The Morgan fingerprint density at radius 1 is 0.453 bits per heavy atom. The van der Waals surface area contributed by atoms with Gasteiger partial charge in [-0.3, -0.25) is 14.4 Å². The van der Waals surface area contributed by atoms with Gasteiger partial charge in [0.15, 0.2) is 23.3 Å². The van der Waals surface area contributed by atoms with Crippen LogP contribution in [0.15, 0.2) is 141 Å². The van der Waals surface area contributed by atoms with Crippen LogP contribution in [0, 0.1) is 61.8 Å². The lowest BCUT2D eigenvalue weighted by Gasteiger charge is -2.49. The quantitative estimate of drug-likeness (QED) is 0.104. The van der Waals surface area contributed by atoms with E-state index in [4.69, 9.17) is 37.4 Å². The Hall–Kier alpha value is -9.48. The third kappa shape index (κ3) is 13.8. The van der Waals surface area contributed by atoms with Gasteiger partial charge in [-0.05, 0) is 180 Å². The Morgan fingerprint density at radius 2 is 0.905 bits per heavy atom. The largest absolute Gasteiger partial charge is 0.471 e. The number of hydrogen-bond acceptors (Lipinski definition) is 15. The van der Waals surface area contributed by atoms with Crippen molar-refractivity contribution in [1.82, 2.24) is 64.6 Å². The van der Waals surface area contributed by atoms with Crippen molar-refractivity contribution < 1.29 is 46.2 Å². The van der Waals surface area contributed by atoms with Gasteiger partial charge in [-0.2, -0.15) is 10.2 Å². The van der Waals surface area contributed by atoms with E-state index in [2.05, 4.69) is 45.1 Å². The van der Waals surface area contributed by atoms with Crippen molar-refractivity contribution in [2.45, 2.75) is 115 Å². The number of fused-ring (bicyclic) bond motifs is 9. The lowest BCUT2D eigenvalue weighted by atomic mass is 9.77. The number of para-hydroxylation sites is 1. The minimum atomic E-state index is -0.581. The van der Waals surface area contributed by atoms with Gasteiger partial charge in [-0.25, -0.2) is 52.4 Å². The van der Waals surface area contributed by atoms with Crippen LogP contribution in [-0.2, 0) is 0 Å². The van der Waals surface area contributed by atoms with E-state index in [0.29, 0.717) is 75.7 Å². The van der Waals surface area contributed by atoms with Gasteiger partial charge in [-0.1, -0.05) is 41.4 Å². The summed E-state index contributed by atoms with van der Waals surface area (Å²) in [6.07, 6.45) is 21.1. The van der Waals surface area contributed by atoms with Crippen molar-refractivity contribution in [3.8, 4) is 46.1 Å². The van der Waals surface area contributed by atoms with Gasteiger partial charge in [-0.15, -0.1) is 4.80 Å². The molecule has 12 heterocycles. The zero-order valence-electron chi connectivity index (χ0n) is 52.0. The number of pyridine rings is 3. The number of piperidine rings is 6. The molecule has 9 aliphatic rings. The maximum atomic E-state index is 15.0. The highest BCUT2D eigenvalue weighted by Crippen LogP contribution is 2.43. The summed E-state index contributed by atoms with van der Waals surface area (Å²) in [6, 6.07) is 20.8. The molecule has 6 aromatic heterocycles. The van der Waals surface area contributed by atoms with Gasteiger partial charge in [0.1, 0.15) is 45.7 Å². The fraction of sp³-hybridized carbons (Fsp3) is 0.343. The number of amides is 3. The number of aromatic nitrogens is 10. The van der Waals surface area contributed by atoms with Gasteiger partial charge in [0, 0.05) is 74.1 Å². The number of ether oxygens (including phenoxy) is 3. The number of carbonyl (C=O) groups is 3. The molecule has 3 saturated carbocycles. The van der Waals surface area contributed by atoms with Crippen LogP contribution in [0.1, 0.15) is 106 Å². The van der Waals surface area contributed by atoms with E-state index < -0.39 is 23.3 Å². The van der Waals surface area contributed by atoms with Crippen molar-refractivity contribution in [1.29, 1.82) is 0 Å². The molecule has 6 aliphatic heterocycles. The van der Waals surface area contributed by atoms with E-state index >= 15 is 0 Å². The van der Waals surface area contributed by atoms with Crippen LogP contribution in [0.2, 0.25) is 10.0 Å². The van der Waals surface area contributed by atoms with E-state index in [-0.39, 0.29) is 94.3 Å². The maximum Gasteiger partial charge on any atom is 0.257 e. The van der Waals surface area contributed by atoms with Crippen LogP contribution in [0.4, 0.5) is 17.6 Å². The molecule has 0 N–H and O–H groups in total. The van der Waals surface area contributed by atoms with Crippen molar-refractivity contribution >= 4 is 40.9 Å². The maximum absolute atomic E-state index is 15.0. The molecule has 9 aromatic rings. The first kappa shape index (κ1) is 64.2. The molecule has 3 aliphatic carbocycles. The van der Waals surface area contributed by atoms with E-state index in [1.807, 2.05) is 24.8 Å². The molecular formula is C70H65Cl2F4N13O6. The predicted molar refractivity (Wildman–Crippen MR) is 343 cm³/mol. The standard InChI is InChI=1S/2C24H22ClFN4O2.C22H21F2N5O2/c1-14-9-19(25)23(29-12-14)32-21-10-15-3-6-20(21)30(13-15)24(31)18-11-16(26)4-5-17(18)22-27-7-2-8-28-22;1-14-10-17(25)23(29-12-14)32-20-11-15-6-7-19(20)30(13-15)24(31)21-16(4-2-5-18(21)26)22-27-8-3-9-28-22;1-13-9-17(24)21(25-11-13)31-19-10-14-5-6-18(19)28(12-14)22(30)15-3-2-4-16(23)20(15)29-26-7-8-27-29/h2,4-5,7-9,11-12,15,20-21H,3,6,10,13H2,1H3;2-5,8-10,12,15,19-20H,6-7,11,13H2,1H3;2-4,7-9,11,14,18-19H,5-6,10,12H2,1H3. The summed E-state index contributed by atoms with van der Waals surface area (Å²) >= 11 is 12.7. The predicted octanol–water partition coefficient (Wildman–Crippen LogP) is 12.7. The Balaban J connectivity index is 0.000000129. The smallest absolute Gasteiger partial charge is 0.257 e. The molecule has 6 saturated heterocycles. The van der Waals surface area contributed by atoms with Crippen molar-refractivity contribution in [2.24, 2.45) is 17.8 Å². The number of benzene rings is 3. The molecule has 9 atom stereocenters. The summed E-state index contributed by atoms with van der Waals surface area (Å²) in [5.74, 6) is -0.846. The van der Waals surface area contributed by atoms with Crippen molar-refractivity contribution in [2.75, 3.05) is 19.6 Å². The van der Waals surface area contributed by atoms with E-state index in [0.717, 1.165) is 73.7 Å². The molecular weight excluding hydrogens is 1270 g/mol. The van der Waals surface area contributed by atoms with Crippen molar-refractivity contribution in [3.05, 3.63) is 207 Å². The van der Waals surface area contributed by atoms with Gasteiger partial charge in [0.2, 0.25) is 11.8 Å². The second-order valence-electron chi connectivity index (χ2n) is 24.9. The fourth-order valence-corrected chi connectivity index (χ4v) is 14.6. The summed E-state index contributed by atoms with van der Waals surface area (Å²) < 4.78 is 76.3. The van der Waals surface area contributed by atoms with Crippen LogP contribution in [-0.4, -0.2) is 138 Å². The second kappa shape index (κ2) is 27.8. The number of hydrogen-bond donors (Lipinski definition) is 0. The average molecular weight is 1330 g/mol. The number of carbonyl (C=O) groups excluding carboxylic acids is 3. The lowest BCUT2D eigenvalue weighted by molar-refractivity contribution is -0.0326. The zero-order valence-corrected chi connectivity index (χ0v) is 53.5. The topological polar surface area (TPSA) is 210 Å². The molecule has 0 spiro atoms. The summed E-state index contributed by atoms with van der Waals surface area (Å²) in [4.78, 5) is 76.9. The summed E-state index contributed by atoms with van der Waals surface area (Å²) in [5.41, 5.74) is 3.95. The summed E-state index contributed by atoms with van der Waals surface area (Å²) in [6.45, 7) is 7.32. The Kier molecular flexibility index (Phi) is 18.8. The molecule has 95 heavy (non-hydrogen) atoms. The molecule has 25 heteroatoms. The van der Waals surface area contributed by atoms with Crippen LogP contribution in [0.5, 0.6) is 17.6 Å². The minimum Gasteiger partial charge on any atom is -0.471 e. The molecule has 19 nitrogen and oxygen atoms in total. The second-order valence-corrected chi connectivity index (χ2v) is 25.7. The van der Waals surface area contributed by atoms with Crippen molar-refractivity contribution in [3.63, 3.8) is 0 Å². The molecule has 3 aromatic carbocycles. The molecule has 0 radical (unpaired) electrons. The molecule has 488 valence electrons. The number of halogens is 6. The van der Waals surface area contributed by atoms with Gasteiger partial charge in [0.25, 0.3) is 23.6 Å². The fourth-order valence-electron chi connectivity index (χ4n) is 14.1. The van der Waals surface area contributed by atoms with Crippen LogP contribution >= 0.6 is 23.2 Å². The summed E-state index contributed by atoms with van der Waals surface area (Å²) in [5, 5.41) is 8.89. The Bertz CT molecular complexity index is 4300. The molecule has 9 fully saturated rings. The monoisotopic (exact) mass is 1330 g/mol. The summed E-state index contributed by atoms with van der Waals surface area (Å²) in [7, 11) is 0. The normalized spacial score (nSPS) is 22.2. The Labute approximate surface area is 554 Å².